The second-order valence-corrected chi connectivity index (χ2v) is 4.98. The van der Waals surface area contributed by atoms with E-state index < -0.39 is 5.82 Å². The summed E-state index contributed by atoms with van der Waals surface area (Å²) in [5.74, 6) is -0.795. The van der Waals surface area contributed by atoms with Crippen LogP contribution in [0.4, 0.5) is 4.39 Å². The number of benzene rings is 2. The number of hydrogen-bond acceptors (Lipinski definition) is 1. The summed E-state index contributed by atoms with van der Waals surface area (Å²) in [7, 11) is 1.69. The molecule has 1 atom stereocenters. The van der Waals surface area contributed by atoms with Gasteiger partial charge in [-0.15, -0.1) is 0 Å². The maximum absolute atomic E-state index is 13.7. The van der Waals surface area contributed by atoms with Crippen LogP contribution in [0, 0.1) is 12.7 Å². The van der Waals surface area contributed by atoms with E-state index in [1.807, 2.05) is 38.1 Å². The van der Waals surface area contributed by atoms with Crippen molar-refractivity contribution in [2.75, 3.05) is 7.05 Å². The highest BCUT2D eigenvalue weighted by atomic mass is 19.1. The zero-order chi connectivity index (χ0) is 14.7. The molecule has 3 heteroatoms. The van der Waals surface area contributed by atoms with Crippen molar-refractivity contribution in [2.45, 2.75) is 19.9 Å². The van der Waals surface area contributed by atoms with Crippen LogP contribution < -0.4 is 0 Å². The molecule has 0 aromatic heterocycles. The molecule has 104 valence electrons. The Kier molecular flexibility index (Phi) is 4.18. The third-order valence-electron chi connectivity index (χ3n) is 3.57. The van der Waals surface area contributed by atoms with Crippen molar-refractivity contribution in [3.8, 4) is 0 Å². The van der Waals surface area contributed by atoms with E-state index >= 15 is 0 Å². The standard InChI is InChI=1S/C17H18FNO/c1-12-8-10-14(11-9-12)13(2)19(3)17(20)15-6-4-5-7-16(15)18/h4-11,13H,1-3H3. The molecule has 0 saturated carbocycles. The number of nitrogens with zero attached hydrogens (tertiary/aromatic N) is 1. The highest BCUT2D eigenvalue weighted by Crippen LogP contribution is 2.21. The van der Waals surface area contributed by atoms with Crippen LogP contribution in [0.5, 0.6) is 0 Å². The number of rotatable bonds is 3. The Bertz CT molecular complexity index is 607. The molecule has 2 aromatic carbocycles. The molecule has 0 radical (unpaired) electrons. The lowest BCUT2D eigenvalue weighted by atomic mass is 10.0. The first-order valence-electron chi connectivity index (χ1n) is 6.59. The van der Waals surface area contributed by atoms with E-state index in [0.29, 0.717) is 0 Å². The van der Waals surface area contributed by atoms with Gasteiger partial charge in [-0.25, -0.2) is 4.39 Å². The van der Waals surface area contributed by atoms with Crippen LogP contribution >= 0.6 is 0 Å². The van der Waals surface area contributed by atoms with Crippen molar-refractivity contribution in [1.82, 2.24) is 4.90 Å². The third kappa shape index (κ3) is 2.87. The van der Waals surface area contributed by atoms with E-state index in [2.05, 4.69) is 0 Å². The predicted molar refractivity (Wildman–Crippen MR) is 78.1 cm³/mol. The van der Waals surface area contributed by atoms with Gasteiger partial charge in [-0.05, 0) is 31.5 Å². The minimum absolute atomic E-state index is 0.106. The van der Waals surface area contributed by atoms with Crippen LogP contribution in [0.1, 0.15) is 34.5 Å². The SMILES string of the molecule is Cc1ccc(C(C)N(C)C(=O)c2ccccc2F)cc1. The van der Waals surface area contributed by atoms with Gasteiger partial charge < -0.3 is 4.90 Å². The van der Waals surface area contributed by atoms with E-state index in [1.165, 1.54) is 17.7 Å². The molecule has 0 aliphatic heterocycles. The Balaban J connectivity index is 2.22. The maximum Gasteiger partial charge on any atom is 0.257 e. The largest absolute Gasteiger partial charge is 0.335 e. The van der Waals surface area contributed by atoms with Crippen LogP contribution in [-0.4, -0.2) is 17.9 Å². The lowest BCUT2D eigenvalue weighted by Crippen LogP contribution is -2.30. The van der Waals surface area contributed by atoms with Gasteiger partial charge in [0.05, 0.1) is 11.6 Å². The number of carbonyl (C=O) groups excluding carboxylic acids is 1. The fourth-order valence-corrected chi connectivity index (χ4v) is 2.07. The Morgan fingerprint density at radius 1 is 1.10 bits per heavy atom. The summed E-state index contributed by atoms with van der Waals surface area (Å²) < 4.78 is 13.7. The molecule has 0 bridgehead atoms. The van der Waals surface area contributed by atoms with Crippen LogP contribution in [0.15, 0.2) is 48.5 Å². The van der Waals surface area contributed by atoms with Gasteiger partial charge in [-0.3, -0.25) is 4.79 Å². The minimum Gasteiger partial charge on any atom is -0.335 e. The fourth-order valence-electron chi connectivity index (χ4n) is 2.07. The molecule has 0 fully saturated rings. The monoisotopic (exact) mass is 271 g/mol. The van der Waals surface area contributed by atoms with Crippen molar-refractivity contribution in [3.63, 3.8) is 0 Å². The number of amides is 1. The molecule has 1 unspecified atom stereocenters. The highest BCUT2D eigenvalue weighted by Gasteiger charge is 2.21. The summed E-state index contributed by atoms with van der Waals surface area (Å²) in [4.78, 5) is 13.9. The van der Waals surface area contributed by atoms with Crippen molar-refractivity contribution in [3.05, 3.63) is 71.0 Å². The molecule has 0 aliphatic carbocycles. The molecule has 2 nitrogen and oxygen atoms in total. The van der Waals surface area contributed by atoms with Gasteiger partial charge in [0, 0.05) is 7.05 Å². The third-order valence-corrected chi connectivity index (χ3v) is 3.57. The molecule has 2 aromatic rings. The van der Waals surface area contributed by atoms with Crippen molar-refractivity contribution in [1.29, 1.82) is 0 Å². The minimum atomic E-state index is -0.486. The maximum atomic E-state index is 13.7. The fraction of sp³-hybridized carbons (Fsp3) is 0.235. The van der Waals surface area contributed by atoms with Gasteiger partial charge in [-0.1, -0.05) is 42.0 Å². The molecule has 2 rings (SSSR count). The van der Waals surface area contributed by atoms with Crippen LogP contribution in [0.3, 0.4) is 0 Å². The van der Waals surface area contributed by atoms with Gasteiger partial charge in [0.25, 0.3) is 5.91 Å². The van der Waals surface area contributed by atoms with Gasteiger partial charge in [0.2, 0.25) is 0 Å². The number of hydrogen-bond donors (Lipinski definition) is 0. The van der Waals surface area contributed by atoms with Crippen molar-refractivity contribution >= 4 is 5.91 Å². The Labute approximate surface area is 118 Å². The summed E-state index contributed by atoms with van der Waals surface area (Å²) in [6.07, 6.45) is 0. The molecular weight excluding hydrogens is 253 g/mol. The summed E-state index contributed by atoms with van der Waals surface area (Å²) >= 11 is 0. The summed E-state index contributed by atoms with van der Waals surface area (Å²) in [5.41, 5.74) is 2.31. The summed E-state index contributed by atoms with van der Waals surface area (Å²) in [6, 6.07) is 13.9. The molecule has 0 N–H and O–H groups in total. The van der Waals surface area contributed by atoms with E-state index in [-0.39, 0.29) is 17.5 Å². The number of carbonyl (C=O) groups is 1. The van der Waals surface area contributed by atoms with Crippen LogP contribution in [0.2, 0.25) is 0 Å². The van der Waals surface area contributed by atoms with Crippen LogP contribution in [0.25, 0.3) is 0 Å². The molecule has 1 amide bonds. The van der Waals surface area contributed by atoms with Gasteiger partial charge in [0.1, 0.15) is 5.82 Å². The first-order valence-corrected chi connectivity index (χ1v) is 6.59. The highest BCUT2D eigenvalue weighted by molar-refractivity contribution is 5.94. The Morgan fingerprint density at radius 3 is 2.30 bits per heavy atom. The lowest BCUT2D eigenvalue weighted by Gasteiger charge is -2.25. The normalized spacial score (nSPS) is 12.0. The molecule has 0 spiro atoms. The lowest BCUT2D eigenvalue weighted by molar-refractivity contribution is 0.0738. The smallest absolute Gasteiger partial charge is 0.257 e. The van der Waals surface area contributed by atoms with Gasteiger partial charge in [0.15, 0.2) is 0 Å². The van der Waals surface area contributed by atoms with E-state index in [1.54, 1.807) is 24.1 Å². The van der Waals surface area contributed by atoms with E-state index in [0.717, 1.165) is 5.56 Å². The Morgan fingerprint density at radius 2 is 1.70 bits per heavy atom. The quantitative estimate of drug-likeness (QED) is 0.827. The number of aryl methyl sites for hydroxylation is 1. The van der Waals surface area contributed by atoms with Crippen molar-refractivity contribution < 1.29 is 9.18 Å². The first-order chi connectivity index (χ1) is 9.50. The van der Waals surface area contributed by atoms with E-state index in [9.17, 15) is 9.18 Å². The topological polar surface area (TPSA) is 20.3 Å². The van der Waals surface area contributed by atoms with Crippen LogP contribution in [-0.2, 0) is 0 Å². The molecule has 0 heterocycles. The molecule has 20 heavy (non-hydrogen) atoms. The average molecular weight is 271 g/mol. The van der Waals surface area contributed by atoms with Gasteiger partial charge >= 0.3 is 0 Å². The molecular formula is C17H18FNO. The second-order valence-electron chi connectivity index (χ2n) is 4.98. The zero-order valence-corrected chi connectivity index (χ0v) is 11.9. The molecule has 0 aliphatic rings. The summed E-state index contributed by atoms with van der Waals surface area (Å²) in [6.45, 7) is 3.95. The van der Waals surface area contributed by atoms with E-state index in [4.69, 9.17) is 0 Å². The van der Waals surface area contributed by atoms with Crippen molar-refractivity contribution in [2.24, 2.45) is 0 Å². The first kappa shape index (κ1) is 14.3. The second kappa shape index (κ2) is 5.87. The Hall–Kier alpha value is -2.16. The van der Waals surface area contributed by atoms with Gasteiger partial charge in [-0.2, -0.15) is 0 Å². The zero-order valence-electron chi connectivity index (χ0n) is 11.9. The summed E-state index contributed by atoms with van der Waals surface area (Å²) in [5, 5.41) is 0. The average Bonchev–Trinajstić information content (AvgIpc) is 2.46. The predicted octanol–water partition coefficient (Wildman–Crippen LogP) is 3.97. The number of halogens is 1. The molecule has 0 saturated heterocycles.